The molecule has 1 nitrogen and oxygen atoms in total. The molecule has 0 fully saturated rings. The average Bonchev–Trinajstić information content (AvgIpc) is 2.01. The van der Waals surface area contributed by atoms with Crippen molar-refractivity contribution in [3.8, 4) is 0 Å². The minimum Gasteiger partial charge on any atom is -0.388 e. The Bertz CT molecular complexity index is 299. The van der Waals surface area contributed by atoms with E-state index in [1.165, 1.54) is 10.0 Å². The van der Waals surface area contributed by atoms with Crippen LogP contribution < -0.4 is 5.32 Å². The topological polar surface area (TPSA) is 12.0 Å². The Morgan fingerprint density at radius 3 is 2.23 bits per heavy atom. The summed E-state index contributed by atoms with van der Waals surface area (Å²) in [7, 11) is 1.93. The number of halogens is 1. The molecule has 0 aliphatic heterocycles. The lowest BCUT2D eigenvalue weighted by molar-refractivity contribution is 0.587. The minimum atomic E-state index is 0.200. The van der Waals surface area contributed by atoms with Gasteiger partial charge >= 0.3 is 0 Å². The van der Waals surface area contributed by atoms with Gasteiger partial charge in [0, 0.05) is 17.2 Å². The van der Waals surface area contributed by atoms with Crippen LogP contribution >= 0.6 is 15.9 Å². The summed E-state index contributed by atoms with van der Waals surface area (Å²) >= 11 is 3.58. The normalized spacial score (nSPS) is 11.5. The Morgan fingerprint density at radius 2 is 1.85 bits per heavy atom. The number of hydrogen-bond donors (Lipinski definition) is 1. The lowest BCUT2D eigenvalue weighted by Crippen LogP contribution is -2.11. The summed E-state index contributed by atoms with van der Waals surface area (Å²) < 4.78 is 1.17. The van der Waals surface area contributed by atoms with E-state index in [9.17, 15) is 0 Å². The first kappa shape index (κ1) is 10.6. The monoisotopic (exact) mass is 241 g/mol. The third-order valence-electron chi connectivity index (χ3n) is 2.07. The van der Waals surface area contributed by atoms with Crippen molar-refractivity contribution in [3.05, 3.63) is 28.2 Å². The molecule has 1 N–H and O–H groups in total. The molecule has 1 aromatic rings. The third-order valence-corrected chi connectivity index (χ3v) is 2.72. The number of nitrogens with one attached hydrogen (secondary N) is 1. The van der Waals surface area contributed by atoms with Crippen molar-refractivity contribution in [2.75, 3.05) is 12.4 Å². The summed E-state index contributed by atoms with van der Waals surface area (Å²) in [6.45, 7) is 6.64. The van der Waals surface area contributed by atoms with E-state index < -0.39 is 0 Å². The summed E-state index contributed by atoms with van der Waals surface area (Å²) in [5, 5.41) is 3.12. The van der Waals surface area contributed by atoms with Crippen LogP contribution in [0.4, 0.5) is 5.69 Å². The van der Waals surface area contributed by atoms with Gasteiger partial charge in [-0.3, -0.25) is 0 Å². The van der Waals surface area contributed by atoms with Crippen molar-refractivity contribution in [2.24, 2.45) is 0 Å². The number of benzene rings is 1. The van der Waals surface area contributed by atoms with Gasteiger partial charge in [0.05, 0.1) is 0 Å². The molecule has 0 aromatic heterocycles. The first-order valence-corrected chi connectivity index (χ1v) is 5.22. The quantitative estimate of drug-likeness (QED) is 0.790. The van der Waals surface area contributed by atoms with E-state index in [1.807, 2.05) is 7.05 Å². The molecule has 0 aliphatic carbocycles. The van der Waals surface area contributed by atoms with E-state index in [4.69, 9.17) is 0 Å². The number of hydrogen-bond acceptors (Lipinski definition) is 1. The lowest BCUT2D eigenvalue weighted by Gasteiger charge is -2.21. The fraction of sp³-hybridized carbons (Fsp3) is 0.455. The Hall–Kier alpha value is -0.500. The Balaban J connectivity index is 3.13. The second-order valence-corrected chi connectivity index (χ2v) is 5.05. The van der Waals surface area contributed by atoms with E-state index in [2.05, 4.69) is 60.2 Å². The summed E-state index contributed by atoms with van der Waals surface area (Å²) in [5.41, 5.74) is 2.68. The maximum atomic E-state index is 3.58. The van der Waals surface area contributed by atoms with Crippen molar-refractivity contribution in [3.63, 3.8) is 0 Å². The van der Waals surface area contributed by atoms with Gasteiger partial charge < -0.3 is 5.32 Å². The largest absolute Gasteiger partial charge is 0.388 e. The van der Waals surface area contributed by atoms with Gasteiger partial charge in [-0.05, 0) is 23.1 Å². The zero-order valence-electron chi connectivity index (χ0n) is 8.61. The van der Waals surface area contributed by atoms with Crippen molar-refractivity contribution < 1.29 is 0 Å². The van der Waals surface area contributed by atoms with Crippen molar-refractivity contribution in [1.29, 1.82) is 0 Å². The van der Waals surface area contributed by atoms with Crippen LogP contribution in [0.3, 0.4) is 0 Å². The van der Waals surface area contributed by atoms with Crippen LogP contribution in [0.15, 0.2) is 22.7 Å². The molecular weight excluding hydrogens is 226 g/mol. The number of anilines is 1. The predicted molar refractivity (Wildman–Crippen MR) is 62.4 cm³/mol. The molecule has 0 amide bonds. The van der Waals surface area contributed by atoms with E-state index >= 15 is 0 Å². The third kappa shape index (κ3) is 2.47. The molecule has 0 unspecified atom stereocenters. The van der Waals surface area contributed by atoms with Crippen LogP contribution in [0, 0.1) is 0 Å². The second-order valence-electron chi connectivity index (χ2n) is 4.19. The Labute approximate surface area is 88.7 Å². The lowest BCUT2D eigenvalue weighted by atomic mass is 9.87. The van der Waals surface area contributed by atoms with Crippen LogP contribution in [-0.2, 0) is 5.41 Å². The SMILES string of the molecule is CNc1ccc(C(C)(C)C)c(Br)c1. The van der Waals surface area contributed by atoms with Gasteiger partial charge in [0.1, 0.15) is 0 Å². The van der Waals surface area contributed by atoms with Gasteiger partial charge in [0.15, 0.2) is 0 Å². The van der Waals surface area contributed by atoms with Crippen LogP contribution in [0.2, 0.25) is 0 Å². The molecular formula is C11H16BrN. The summed E-state index contributed by atoms with van der Waals surface area (Å²) in [6, 6.07) is 6.38. The Kier molecular flexibility index (Phi) is 3.01. The zero-order valence-corrected chi connectivity index (χ0v) is 10.2. The summed E-state index contributed by atoms with van der Waals surface area (Å²) in [5.74, 6) is 0. The molecule has 1 rings (SSSR count). The molecule has 0 atom stereocenters. The highest BCUT2D eigenvalue weighted by molar-refractivity contribution is 9.10. The molecule has 72 valence electrons. The standard InChI is InChI=1S/C11H16BrN/c1-11(2,3)9-6-5-8(13-4)7-10(9)12/h5-7,13H,1-4H3. The average molecular weight is 242 g/mol. The van der Waals surface area contributed by atoms with Gasteiger partial charge in [0.2, 0.25) is 0 Å². The molecule has 0 aliphatic rings. The summed E-state index contributed by atoms with van der Waals surface area (Å²) in [6.07, 6.45) is 0. The molecule has 0 saturated heterocycles. The molecule has 0 saturated carbocycles. The molecule has 0 bridgehead atoms. The predicted octanol–water partition coefficient (Wildman–Crippen LogP) is 3.79. The fourth-order valence-corrected chi connectivity index (χ4v) is 2.25. The first-order chi connectivity index (χ1) is 5.95. The number of rotatable bonds is 1. The molecule has 13 heavy (non-hydrogen) atoms. The van der Waals surface area contributed by atoms with Crippen LogP contribution in [-0.4, -0.2) is 7.05 Å². The molecule has 0 spiro atoms. The van der Waals surface area contributed by atoms with Crippen LogP contribution in [0.25, 0.3) is 0 Å². The van der Waals surface area contributed by atoms with E-state index in [1.54, 1.807) is 0 Å². The van der Waals surface area contributed by atoms with E-state index in [0.29, 0.717) is 0 Å². The van der Waals surface area contributed by atoms with E-state index in [0.717, 1.165) is 5.69 Å². The van der Waals surface area contributed by atoms with Gasteiger partial charge in [-0.2, -0.15) is 0 Å². The van der Waals surface area contributed by atoms with Gasteiger partial charge in [-0.1, -0.05) is 42.8 Å². The maximum absolute atomic E-state index is 3.58. The first-order valence-electron chi connectivity index (χ1n) is 4.43. The Morgan fingerprint density at radius 1 is 1.23 bits per heavy atom. The molecule has 1 aromatic carbocycles. The molecule has 0 radical (unpaired) electrons. The minimum absolute atomic E-state index is 0.200. The van der Waals surface area contributed by atoms with Gasteiger partial charge in [-0.15, -0.1) is 0 Å². The fourth-order valence-electron chi connectivity index (χ4n) is 1.28. The van der Waals surface area contributed by atoms with E-state index in [-0.39, 0.29) is 5.41 Å². The van der Waals surface area contributed by atoms with Crippen molar-refractivity contribution >= 4 is 21.6 Å². The highest BCUT2D eigenvalue weighted by Crippen LogP contribution is 2.31. The van der Waals surface area contributed by atoms with Crippen LogP contribution in [0.1, 0.15) is 26.3 Å². The molecule has 0 heterocycles. The van der Waals surface area contributed by atoms with Crippen molar-refractivity contribution in [2.45, 2.75) is 26.2 Å². The smallest absolute Gasteiger partial charge is 0.0349 e. The summed E-state index contributed by atoms with van der Waals surface area (Å²) in [4.78, 5) is 0. The highest BCUT2D eigenvalue weighted by Gasteiger charge is 2.16. The molecule has 2 heteroatoms. The zero-order chi connectivity index (χ0) is 10.1. The van der Waals surface area contributed by atoms with Crippen molar-refractivity contribution in [1.82, 2.24) is 0 Å². The van der Waals surface area contributed by atoms with Crippen LogP contribution in [0.5, 0.6) is 0 Å². The second kappa shape index (κ2) is 3.70. The van der Waals surface area contributed by atoms with Gasteiger partial charge in [-0.25, -0.2) is 0 Å². The maximum Gasteiger partial charge on any atom is 0.0349 e. The van der Waals surface area contributed by atoms with Gasteiger partial charge in [0.25, 0.3) is 0 Å². The highest BCUT2D eigenvalue weighted by atomic mass is 79.9.